The molecule has 5 nitrogen and oxygen atoms in total. The van der Waals surface area contributed by atoms with Gasteiger partial charge in [-0.05, 0) is 31.1 Å². The van der Waals surface area contributed by atoms with Crippen molar-refractivity contribution in [2.24, 2.45) is 11.8 Å². The summed E-state index contributed by atoms with van der Waals surface area (Å²) < 4.78 is 22.6. The molecule has 1 saturated carbocycles. The maximum Gasteiger partial charge on any atom is 0.230 e. The molecule has 1 aliphatic carbocycles. The quantitative estimate of drug-likeness (QED) is 0.741. The van der Waals surface area contributed by atoms with Crippen LogP contribution in [0.1, 0.15) is 25.7 Å². The van der Waals surface area contributed by atoms with Crippen molar-refractivity contribution in [3.8, 4) is 0 Å². The molecule has 1 amide bonds. The summed E-state index contributed by atoms with van der Waals surface area (Å²) >= 11 is 1.44. The number of aliphatic hydroxyl groups excluding tert-OH is 1. The zero-order chi connectivity index (χ0) is 14.6. The Morgan fingerprint density at radius 1 is 1.25 bits per heavy atom. The molecule has 116 valence electrons. The second-order valence-corrected chi connectivity index (χ2v) is 9.29. The van der Waals surface area contributed by atoms with Gasteiger partial charge in [-0.15, -0.1) is 11.8 Å². The van der Waals surface area contributed by atoms with E-state index in [1.165, 1.54) is 11.8 Å². The Labute approximate surface area is 124 Å². The average Bonchev–Trinajstić information content (AvgIpc) is 2.99. The molecule has 1 heterocycles. The summed E-state index contributed by atoms with van der Waals surface area (Å²) in [7, 11) is -2.86. The fraction of sp³-hybridized carbons (Fsp3) is 0.923. The van der Waals surface area contributed by atoms with Gasteiger partial charge >= 0.3 is 0 Å². The zero-order valence-corrected chi connectivity index (χ0v) is 13.2. The molecule has 2 fully saturated rings. The van der Waals surface area contributed by atoms with Crippen LogP contribution >= 0.6 is 11.8 Å². The van der Waals surface area contributed by atoms with Crippen molar-refractivity contribution in [1.29, 1.82) is 0 Å². The summed E-state index contributed by atoms with van der Waals surface area (Å²) in [5.74, 6) is 1.48. The molecule has 7 heteroatoms. The zero-order valence-electron chi connectivity index (χ0n) is 11.6. The number of aliphatic hydroxyl groups is 1. The minimum absolute atomic E-state index is 0.0251. The van der Waals surface area contributed by atoms with E-state index in [0.29, 0.717) is 30.6 Å². The molecule has 0 radical (unpaired) electrons. The number of thioether (sulfide) groups is 1. The van der Waals surface area contributed by atoms with Gasteiger partial charge in [0.2, 0.25) is 5.91 Å². The SMILES string of the molecule is O=C(CSC1CCS(=O)(=O)C1)NCC1CCCC1CO. The van der Waals surface area contributed by atoms with Crippen LogP contribution in [-0.2, 0) is 14.6 Å². The van der Waals surface area contributed by atoms with Crippen LogP contribution in [0, 0.1) is 11.8 Å². The lowest BCUT2D eigenvalue weighted by Crippen LogP contribution is -2.33. The first-order valence-electron chi connectivity index (χ1n) is 7.20. The number of carbonyl (C=O) groups is 1. The molecule has 20 heavy (non-hydrogen) atoms. The maximum absolute atomic E-state index is 11.8. The van der Waals surface area contributed by atoms with E-state index in [2.05, 4.69) is 5.32 Å². The van der Waals surface area contributed by atoms with Crippen molar-refractivity contribution >= 4 is 27.5 Å². The molecular weight excluding hydrogens is 298 g/mol. The lowest BCUT2D eigenvalue weighted by molar-refractivity contribution is -0.118. The van der Waals surface area contributed by atoms with Gasteiger partial charge in [0, 0.05) is 18.4 Å². The van der Waals surface area contributed by atoms with E-state index in [9.17, 15) is 18.3 Å². The Hall–Kier alpha value is -0.270. The molecule has 2 aliphatic rings. The highest BCUT2D eigenvalue weighted by molar-refractivity contribution is 8.02. The Morgan fingerprint density at radius 2 is 2.00 bits per heavy atom. The van der Waals surface area contributed by atoms with Gasteiger partial charge in [-0.2, -0.15) is 0 Å². The highest BCUT2D eigenvalue weighted by Crippen LogP contribution is 2.30. The van der Waals surface area contributed by atoms with Gasteiger partial charge in [0.15, 0.2) is 9.84 Å². The maximum atomic E-state index is 11.8. The van der Waals surface area contributed by atoms with E-state index in [0.717, 1.165) is 19.3 Å². The van der Waals surface area contributed by atoms with E-state index < -0.39 is 9.84 Å². The lowest BCUT2D eigenvalue weighted by atomic mass is 9.97. The molecule has 0 spiro atoms. The number of rotatable bonds is 6. The molecular formula is C13H23NO4S2. The third-order valence-electron chi connectivity index (χ3n) is 4.25. The van der Waals surface area contributed by atoms with Gasteiger partial charge in [-0.1, -0.05) is 6.42 Å². The van der Waals surface area contributed by atoms with Gasteiger partial charge < -0.3 is 10.4 Å². The van der Waals surface area contributed by atoms with Crippen LogP contribution in [0.2, 0.25) is 0 Å². The van der Waals surface area contributed by atoms with Crippen LogP contribution in [-0.4, -0.2) is 55.1 Å². The van der Waals surface area contributed by atoms with E-state index >= 15 is 0 Å². The molecule has 2 rings (SSSR count). The predicted octanol–water partition coefficient (Wildman–Crippen LogP) is 0.432. The summed E-state index contributed by atoms with van der Waals surface area (Å²) in [4.78, 5) is 11.8. The number of hydrogen-bond donors (Lipinski definition) is 2. The Balaban J connectivity index is 1.63. The first kappa shape index (κ1) is 16.1. The minimum atomic E-state index is -2.86. The minimum Gasteiger partial charge on any atom is -0.396 e. The number of amides is 1. The summed E-state index contributed by atoms with van der Waals surface area (Å²) in [6.45, 7) is 0.836. The van der Waals surface area contributed by atoms with E-state index in [-0.39, 0.29) is 29.3 Å². The highest BCUT2D eigenvalue weighted by atomic mass is 32.2. The normalized spacial score (nSPS) is 32.4. The fourth-order valence-electron chi connectivity index (χ4n) is 3.00. The van der Waals surface area contributed by atoms with Crippen LogP contribution in [0.15, 0.2) is 0 Å². The second-order valence-electron chi connectivity index (χ2n) is 5.77. The van der Waals surface area contributed by atoms with E-state index in [4.69, 9.17) is 0 Å². The molecule has 0 aromatic rings. The van der Waals surface area contributed by atoms with Gasteiger partial charge in [-0.3, -0.25) is 4.79 Å². The number of nitrogens with one attached hydrogen (secondary N) is 1. The number of hydrogen-bond acceptors (Lipinski definition) is 5. The van der Waals surface area contributed by atoms with Crippen LogP contribution in [0.25, 0.3) is 0 Å². The van der Waals surface area contributed by atoms with E-state index in [1.807, 2.05) is 0 Å². The molecule has 3 atom stereocenters. The molecule has 2 N–H and O–H groups in total. The monoisotopic (exact) mass is 321 g/mol. The van der Waals surface area contributed by atoms with Crippen molar-refractivity contribution in [3.63, 3.8) is 0 Å². The summed E-state index contributed by atoms with van der Waals surface area (Å²) in [6.07, 6.45) is 3.90. The van der Waals surface area contributed by atoms with Crippen LogP contribution < -0.4 is 5.32 Å². The van der Waals surface area contributed by atoms with Crippen molar-refractivity contribution in [2.75, 3.05) is 30.4 Å². The molecule has 0 bridgehead atoms. The van der Waals surface area contributed by atoms with Crippen LogP contribution in [0.4, 0.5) is 0 Å². The number of sulfone groups is 1. The Morgan fingerprint density at radius 3 is 2.65 bits per heavy atom. The van der Waals surface area contributed by atoms with Crippen LogP contribution in [0.5, 0.6) is 0 Å². The Kier molecular flexibility index (Phi) is 5.74. The van der Waals surface area contributed by atoms with Crippen molar-refractivity contribution in [3.05, 3.63) is 0 Å². The number of carbonyl (C=O) groups excluding carboxylic acids is 1. The molecule has 1 saturated heterocycles. The lowest BCUT2D eigenvalue weighted by Gasteiger charge is -2.18. The highest BCUT2D eigenvalue weighted by Gasteiger charge is 2.29. The molecule has 0 aromatic heterocycles. The third-order valence-corrected chi connectivity index (χ3v) is 7.53. The fourth-order valence-corrected chi connectivity index (χ4v) is 6.48. The van der Waals surface area contributed by atoms with Gasteiger partial charge in [0.1, 0.15) is 0 Å². The van der Waals surface area contributed by atoms with Crippen LogP contribution in [0.3, 0.4) is 0 Å². The smallest absolute Gasteiger partial charge is 0.230 e. The first-order chi connectivity index (χ1) is 9.50. The van der Waals surface area contributed by atoms with Gasteiger partial charge in [0.25, 0.3) is 0 Å². The topological polar surface area (TPSA) is 83.5 Å². The average molecular weight is 321 g/mol. The van der Waals surface area contributed by atoms with Crippen molar-refractivity contribution in [1.82, 2.24) is 5.32 Å². The third kappa shape index (κ3) is 4.63. The molecule has 3 unspecified atom stereocenters. The predicted molar refractivity (Wildman–Crippen MR) is 80.4 cm³/mol. The molecule has 0 aromatic carbocycles. The first-order valence-corrected chi connectivity index (χ1v) is 10.1. The van der Waals surface area contributed by atoms with E-state index in [1.54, 1.807) is 0 Å². The van der Waals surface area contributed by atoms with Gasteiger partial charge in [0.05, 0.1) is 17.3 Å². The van der Waals surface area contributed by atoms with Crippen molar-refractivity contribution in [2.45, 2.75) is 30.9 Å². The second kappa shape index (κ2) is 7.13. The van der Waals surface area contributed by atoms with Crippen molar-refractivity contribution < 1.29 is 18.3 Å². The largest absolute Gasteiger partial charge is 0.396 e. The summed E-state index contributed by atoms with van der Waals surface area (Å²) in [5, 5.41) is 12.2. The standard InChI is InChI=1S/C13H23NO4S2/c15-7-11-3-1-2-10(11)6-14-13(16)8-19-12-4-5-20(17,18)9-12/h10-12,15H,1-9H2,(H,14,16). The summed E-state index contributed by atoms with van der Waals surface area (Å²) in [6, 6.07) is 0. The van der Waals surface area contributed by atoms with Gasteiger partial charge in [-0.25, -0.2) is 8.42 Å². The Bertz CT molecular complexity index is 438. The summed E-state index contributed by atoms with van der Waals surface area (Å²) in [5.41, 5.74) is 0. The molecule has 1 aliphatic heterocycles.